The van der Waals surface area contributed by atoms with Gasteiger partial charge >= 0.3 is 0 Å². The summed E-state index contributed by atoms with van der Waals surface area (Å²) in [7, 11) is 0. The van der Waals surface area contributed by atoms with E-state index in [2.05, 4.69) is 21.2 Å². The van der Waals surface area contributed by atoms with Crippen molar-refractivity contribution in [1.82, 2.24) is 0 Å². The van der Waals surface area contributed by atoms with Crippen LogP contribution >= 0.6 is 27.5 Å². The summed E-state index contributed by atoms with van der Waals surface area (Å²) in [5, 5.41) is 3.24. The molecule has 0 spiro atoms. The molecule has 7 heteroatoms. The molecule has 0 fully saturated rings. The Morgan fingerprint density at radius 3 is 2.87 bits per heavy atom. The summed E-state index contributed by atoms with van der Waals surface area (Å²) in [6, 6.07) is 12.2. The Balaban J connectivity index is 1.80. The quantitative estimate of drug-likeness (QED) is 0.866. The molecule has 0 unspecified atom stereocenters. The number of ether oxygens (including phenoxy) is 1. The number of anilines is 2. The zero-order valence-corrected chi connectivity index (χ0v) is 14.2. The second-order valence-electron chi connectivity index (χ2n) is 4.91. The Labute approximate surface area is 146 Å². The molecule has 2 aromatic carbocycles. The van der Waals surface area contributed by atoms with Crippen molar-refractivity contribution >= 4 is 50.7 Å². The van der Waals surface area contributed by atoms with Crippen molar-refractivity contribution in [3.8, 4) is 5.75 Å². The zero-order chi connectivity index (χ0) is 16.4. The molecule has 0 saturated heterocycles. The van der Waals surface area contributed by atoms with Crippen molar-refractivity contribution < 1.29 is 14.3 Å². The fourth-order valence-electron chi connectivity index (χ4n) is 2.24. The SMILES string of the molecule is O=C(CN1C(=O)COc2ccc(Cl)cc21)Nc1ccccc1Br. The van der Waals surface area contributed by atoms with Gasteiger partial charge in [0.15, 0.2) is 6.61 Å². The molecule has 0 atom stereocenters. The van der Waals surface area contributed by atoms with E-state index in [9.17, 15) is 9.59 Å². The molecule has 5 nitrogen and oxygen atoms in total. The van der Waals surface area contributed by atoms with Crippen molar-refractivity contribution in [1.29, 1.82) is 0 Å². The Kier molecular flexibility index (Phi) is 4.54. The smallest absolute Gasteiger partial charge is 0.265 e. The van der Waals surface area contributed by atoms with Crippen LogP contribution in [-0.2, 0) is 9.59 Å². The Bertz CT molecular complexity index is 782. The summed E-state index contributed by atoms with van der Waals surface area (Å²) in [5.74, 6) is -0.0668. The lowest BCUT2D eigenvalue weighted by Crippen LogP contribution is -2.43. The van der Waals surface area contributed by atoms with E-state index in [0.29, 0.717) is 22.1 Å². The molecule has 0 bridgehead atoms. The minimum absolute atomic E-state index is 0.100. The highest BCUT2D eigenvalue weighted by Gasteiger charge is 2.27. The first-order valence-electron chi connectivity index (χ1n) is 6.81. The third kappa shape index (κ3) is 3.48. The van der Waals surface area contributed by atoms with Gasteiger partial charge in [-0.2, -0.15) is 0 Å². The summed E-state index contributed by atoms with van der Waals surface area (Å²) in [4.78, 5) is 25.7. The highest BCUT2D eigenvalue weighted by Crippen LogP contribution is 2.34. The number of fused-ring (bicyclic) bond motifs is 1. The van der Waals surface area contributed by atoms with Gasteiger partial charge in [0.2, 0.25) is 5.91 Å². The molecule has 23 heavy (non-hydrogen) atoms. The average molecular weight is 396 g/mol. The number of benzene rings is 2. The fourth-order valence-corrected chi connectivity index (χ4v) is 2.79. The van der Waals surface area contributed by atoms with Crippen LogP contribution in [0.5, 0.6) is 5.75 Å². The van der Waals surface area contributed by atoms with E-state index in [4.69, 9.17) is 16.3 Å². The predicted molar refractivity (Wildman–Crippen MR) is 92.1 cm³/mol. The minimum Gasteiger partial charge on any atom is -0.482 e. The van der Waals surface area contributed by atoms with Crippen molar-refractivity contribution in [2.45, 2.75) is 0 Å². The molecular weight excluding hydrogens is 384 g/mol. The van der Waals surface area contributed by atoms with Crippen LogP contribution in [0.15, 0.2) is 46.9 Å². The maximum absolute atomic E-state index is 12.3. The van der Waals surface area contributed by atoms with Gasteiger partial charge < -0.3 is 10.1 Å². The Morgan fingerprint density at radius 1 is 1.30 bits per heavy atom. The number of carbonyl (C=O) groups is 2. The maximum Gasteiger partial charge on any atom is 0.265 e. The molecule has 0 radical (unpaired) electrons. The summed E-state index contributed by atoms with van der Waals surface area (Å²) in [6.07, 6.45) is 0. The van der Waals surface area contributed by atoms with Crippen LogP contribution in [0.3, 0.4) is 0 Å². The van der Waals surface area contributed by atoms with E-state index in [1.165, 1.54) is 4.90 Å². The number of rotatable bonds is 3. The number of nitrogens with one attached hydrogen (secondary N) is 1. The fraction of sp³-hybridized carbons (Fsp3) is 0.125. The molecule has 2 amide bonds. The van der Waals surface area contributed by atoms with Gasteiger partial charge in [-0.25, -0.2) is 0 Å². The zero-order valence-electron chi connectivity index (χ0n) is 11.9. The first-order valence-corrected chi connectivity index (χ1v) is 7.99. The monoisotopic (exact) mass is 394 g/mol. The molecule has 0 aromatic heterocycles. The lowest BCUT2D eigenvalue weighted by molar-refractivity contribution is -0.123. The van der Waals surface area contributed by atoms with E-state index >= 15 is 0 Å². The van der Waals surface area contributed by atoms with Gasteiger partial charge in [0, 0.05) is 9.50 Å². The van der Waals surface area contributed by atoms with Crippen LogP contribution in [0, 0.1) is 0 Å². The number of para-hydroxylation sites is 1. The van der Waals surface area contributed by atoms with Crippen molar-refractivity contribution in [2.24, 2.45) is 0 Å². The number of carbonyl (C=O) groups excluding carboxylic acids is 2. The van der Waals surface area contributed by atoms with Gasteiger partial charge in [0.05, 0.1) is 11.4 Å². The van der Waals surface area contributed by atoms with Gasteiger partial charge in [-0.3, -0.25) is 14.5 Å². The van der Waals surface area contributed by atoms with E-state index in [1.807, 2.05) is 18.2 Å². The van der Waals surface area contributed by atoms with E-state index in [0.717, 1.165) is 4.47 Å². The lowest BCUT2D eigenvalue weighted by atomic mass is 10.2. The standard InChI is InChI=1S/C16H12BrClN2O3/c17-11-3-1-2-4-12(11)19-15(21)8-20-13-7-10(18)5-6-14(13)23-9-16(20)22/h1-7H,8-9H2,(H,19,21). The van der Waals surface area contributed by atoms with E-state index in [-0.39, 0.29) is 25.0 Å². The van der Waals surface area contributed by atoms with Crippen LogP contribution in [0.4, 0.5) is 11.4 Å². The molecule has 2 aromatic rings. The maximum atomic E-state index is 12.3. The molecule has 1 heterocycles. The largest absolute Gasteiger partial charge is 0.482 e. The van der Waals surface area contributed by atoms with Gasteiger partial charge in [-0.15, -0.1) is 0 Å². The number of halogens is 2. The summed E-state index contributed by atoms with van der Waals surface area (Å²) < 4.78 is 6.12. The summed E-state index contributed by atoms with van der Waals surface area (Å²) in [5.41, 5.74) is 1.14. The minimum atomic E-state index is -0.307. The van der Waals surface area contributed by atoms with Crippen LogP contribution in [0.1, 0.15) is 0 Å². The Hall–Kier alpha value is -2.05. The predicted octanol–water partition coefficient (Wildman–Crippen LogP) is 3.47. The second-order valence-corrected chi connectivity index (χ2v) is 6.20. The van der Waals surface area contributed by atoms with Crippen LogP contribution in [0.2, 0.25) is 5.02 Å². The first kappa shape index (κ1) is 15.8. The highest BCUT2D eigenvalue weighted by molar-refractivity contribution is 9.10. The molecule has 1 N–H and O–H groups in total. The van der Waals surface area contributed by atoms with Gasteiger partial charge in [-0.1, -0.05) is 23.7 Å². The number of amides is 2. The molecule has 118 valence electrons. The Morgan fingerprint density at radius 2 is 2.09 bits per heavy atom. The molecule has 1 aliphatic heterocycles. The number of nitrogens with zero attached hydrogens (tertiary/aromatic N) is 1. The van der Waals surface area contributed by atoms with Crippen LogP contribution in [-0.4, -0.2) is 25.0 Å². The number of hydrogen-bond donors (Lipinski definition) is 1. The first-order chi connectivity index (χ1) is 11.0. The van der Waals surface area contributed by atoms with Crippen molar-refractivity contribution in [3.05, 3.63) is 52.0 Å². The van der Waals surface area contributed by atoms with Crippen molar-refractivity contribution in [3.63, 3.8) is 0 Å². The number of hydrogen-bond acceptors (Lipinski definition) is 3. The molecule has 3 rings (SSSR count). The lowest BCUT2D eigenvalue weighted by Gasteiger charge is -2.29. The topological polar surface area (TPSA) is 58.6 Å². The van der Waals surface area contributed by atoms with Crippen LogP contribution in [0.25, 0.3) is 0 Å². The summed E-state index contributed by atoms with van der Waals surface area (Å²) >= 11 is 9.34. The molecule has 0 aliphatic carbocycles. The molecule has 0 saturated carbocycles. The van der Waals surface area contributed by atoms with Crippen molar-refractivity contribution in [2.75, 3.05) is 23.4 Å². The highest BCUT2D eigenvalue weighted by atomic mass is 79.9. The van der Waals surface area contributed by atoms with Gasteiger partial charge in [0.25, 0.3) is 5.91 Å². The molecular formula is C16H12BrClN2O3. The van der Waals surface area contributed by atoms with Crippen LogP contribution < -0.4 is 15.0 Å². The second kappa shape index (κ2) is 6.60. The molecule has 1 aliphatic rings. The van der Waals surface area contributed by atoms with E-state index < -0.39 is 0 Å². The average Bonchev–Trinajstić information content (AvgIpc) is 2.52. The van der Waals surface area contributed by atoms with E-state index in [1.54, 1.807) is 24.3 Å². The third-order valence-electron chi connectivity index (χ3n) is 3.31. The van der Waals surface area contributed by atoms with Gasteiger partial charge in [0.1, 0.15) is 12.3 Å². The third-order valence-corrected chi connectivity index (χ3v) is 4.24. The normalized spacial score (nSPS) is 13.3. The summed E-state index contributed by atoms with van der Waals surface area (Å²) in [6.45, 7) is -0.214. The van der Waals surface area contributed by atoms with Gasteiger partial charge in [-0.05, 0) is 46.3 Å².